The normalized spacial score (nSPS) is 13.2. The van der Waals surface area contributed by atoms with Crippen LogP contribution in [0.15, 0.2) is 46.9 Å². The Labute approximate surface area is 129 Å². The second kappa shape index (κ2) is 5.15. The Balaban J connectivity index is 1.98. The highest BCUT2D eigenvalue weighted by Gasteiger charge is 2.36. The van der Waals surface area contributed by atoms with Gasteiger partial charge >= 0.3 is 0 Å². The molecule has 0 atom stereocenters. The minimum atomic E-state index is -0.527. The predicted octanol–water partition coefficient (Wildman–Crippen LogP) is 3.05. The summed E-state index contributed by atoms with van der Waals surface area (Å²) in [5.74, 6) is -1.01. The van der Waals surface area contributed by atoms with Crippen LogP contribution in [0.1, 0.15) is 21.5 Å². The first-order valence-electron chi connectivity index (χ1n) is 6.25. The number of hydrogen-bond donors (Lipinski definition) is 0. The molecule has 4 nitrogen and oxygen atoms in total. The molecular formula is C16H9BrN2O2. The molecule has 0 bridgehead atoms. The maximum absolute atomic E-state index is 12.1. The number of rotatable bonds is 2. The van der Waals surface area contributed by atoms with Crippen LogP contribution < -0.4 is 4.90 Å². The van der Waals surface area contributed by atoms with E-state index in [-0.39, 0.29) is 0 Å². The maximum Gasteiger partial charge on any atom is 0.299 e. The third-order valence-electron chi connectivity index (χ3n) is 3.36. The van der Waals surface area contributed by atoms with Gasteiger partial charge in [-0.3, -0.25) is 14.5 Å². The third kappa shape index (κ3) is 2.24. The summed E-state index contributed by atoms with van der Waals surface area (Å²) < 4.78 is 0.716. The number of carbonyl (C=O) groups excluding carboxylic acids is 2. The Morgan fingerprint density at radius 3 is 2.48 bits per heavy atom. The van der Waals surface area contributed by atoms with Crippen molar-refractivity contribution in [2.24, 2.45) is 0 Å². The average molecular weight is 341 g/mol. The fraction of sp³-hybridized carbons (Fsp3) is 0.0625. The summed E-state index contributed by atoms with van der Waals surface area (Å²) in [6.07, 6.45) is 0. The SMILES string of the molecule is N#Cc1ccc(CN2C(=O)C(=O)c3cccc(Br)c32)cc1. The van der Waals surface area contributed by atoms with Crippen LogP contribution in [0.5, 0.6) is 0 Å². The number of halogens is 1. The van der Waals surface area contributed by atoms with Crippen LogP contribution in [-0.4, -0.2) is 11.7 Å². The molecule has 1 aliphatic heterocycles. The molecule has 0 spiro atoms. The summed E-state index contributed by atoms with van der Waals surface area (Å²) in [4.78, 5) is 25.6. The molecule has 0 aromatic heterocycles. The molecule has 0 aliphatic carbocycles. The molecule has 102 valence electrons. The summed E-state index contributed by atoms with van der Waals surface area (Å²) >= 11 is 3.39. The van der Waals surface area contributed by atoms with Crippen molar-refractivity contribution in [3.8, 4) is 6.07 Å². The zero-order valence-electron chi connectivity index (χ0n) is 10.8. The molecule has 0 fully saturated rings. The van der Waals surface area contributed by atoms with E-state index >= 15 is 0 Å². The molecule has 21 heavy (non-hydrogen) atoms. The van der Waals surface area contributed by atoms with Crippen LogP contribution in [0, 0.1) is 11.3 Å². The number of Topliss-reactive ketones (excluding diaryl/α,β-unsaturated/α-hetero) is 1. The van der Waals surface area contributed by atoms with E-state index in [4.69, 9.17) is 5.26 Å². The second-order valence-corrected chi connectivity index (χ2v) is 5.52. The molecule has 0 saturated carbocycles. The Hall–Kier alpha value is -2.45. The lowest BCUT2D eigenvalue weighted by atomic mass is 10.1. The van der Waals surface area contributed by atoms with Gasteiger partial charge in [0.25, 0.3) is 11.7 Å². The number of benzene rings is 2. The summed E-state index contributed by atoms with van der Waals surface area (Å²) in [5.41, 5.74) is 2.45. The van der Waals surface area contributed by atoms with Crippen LogP contribution in [0.4, 0.5) is 5.69 Å². The summed E-state index contributed by atoms with van der Waals surface area (Å²) in [6.45, 7) is 0.298. The Morgan fingerprint density at radius 1 is 1.10 bits per heavy atom. The van der Waals surface area contributed by atoms with Crippen molar-refractivity contribution in [3.05, 3.63) is 63.6 Å². The number of ketones is 1. The van der Waals surface area contributed by atoms with Crippen molar-refractivity contribution in [3.63, 3.8) is 0 Å². The highest BCUT2D eigenvalue weighted by atomic mass is 79.9. The van der Waals surface area contributed by atoms with E-state index in [0.717, 1.165) is 5.56 Å². The van der Waals surface area contributed by atoms with Gasteiger partial charge in [-0.15, -0.1) is 0 Å². The molecule has 2 aromatic rings. The molecule has 1 amide bonds. The molecule has 5 heteroatoms. The van der Waals surface area contributed by atoms with E-state index in [9.17, 15) is 9.59 Å². The largest absolute Gasteiger partial charge is 0.299 e. The monoisotopic (exact) mass is 340 g/mol. The van der Waals surface area contributed by atoms with Crippen LogP contribution >= 0.6 is 15.9 Å². The minimum absolute atomic E-state index is 0.298. The fourth-order valence-electron chi connectivity index (χ4n) is 2.33. The fourth-order valence-corrected chi connectivity index (χ4v) is 2.91. The van der Waals surface area contributed by atoms with Gasteiger partial charge < -0.3 is 0 Å². The van der Waals surface area contributed by atoms with Crippen LogP contribution in [0.2, 0.25) is 0 Å². The molecule has 0 saturated heterocycles. The number of carbonyl (C=O) groups is 2. The Bertz CT molecular complexity index is 791. The lowest BCUT2D eigenvalue weighted by Gasteiger charge is -2.17. The Morgan fingerprint density at radius 2 is 1.81 bits per heavy atom. The van der Waals surface area contributed by atoms with Crippen LogP contribution in [0.25, 0.3) is 0 Å². The van der Waals surface area contributed by atoms with Crippen molar-refractivity contribution in [2.45, 2.75) is 6.54 Å². The van der Waals surface area contributed by atoms with Gasteiger partial charge in [0.2, 0.25) is 0 Å². The lowest BCUT2D eigenvalue weighted by Crippen LogP contribution is -2.29. The standard InChI is InChI=1S/C16H9BrN2O2/c17-13-3-1-2-12-14(13)19(16(21)15(12)20)9-11-6-4-10(8-18)5-7-11/h1-7H,9H2. The van der Waals surface area contributed by atoms with E-state index in [2.05, 4.69) is 15.9 Å². The van der Waals surface area contributed by atoms with Gasteiger partial charge in [0.15, 0.2) is 0 Å². The molecule has 1 aliphatic rings. The van der Waals surface area contributed by atoms with E-state index in [1.807, 2.05) is 6.07 Å². The first kappa shape index (κ1) is 13.5. The van der Waals surface area contributed by atoms with Gasteiger partial charge in [-0.2, -0.15) is 5.26 Å². The van der Waals surface area contributed by atoms with Gasteiger partial charge in [-0.05, 0) is 45.8 Å². The van der Waals surface area contributed by atoms with Crippen molar-refractivity contribution >= 4 is 33.3 Å². The van der Waals surface area contributed by atoms with Gasteiger partial charge in [0, 0.05) is 4.47 Å². The van der Waals surface area contributed by atoms with Crippen molar-refractivity contribution < 1.29 is 9.59 Å². The molecular weight excluding hydrogens is 332 g/mol. The maximum atomic E-state index is 12.1. The number of para-hydroxylation sites is 1. The van der Waals surface area contributed by atoms with Crippen LogP contribution in [0.3, 0.4) is 0 Å². The van der Waals surface area contributed by atoms with Gasteiger partial charge in [-0.1, -0.05) is 18.2 Å². The van der Waals surface area contributed by atoms with E-state index in [1.165, 1.54) is 4.90 Å². The smallest absolute Gasteiger partial charge is 0.299 e. The molecule has 0 radical (unpaired) electrons. The first-order valence-corrected chi connectivity index (χ1v) is 7.05. The average Bonchev–Trinajstić information content (AvgIpc) is 2.74. The highest BCUT2D eigenvalue weighted by molar-refractivity contribution is 9.10. The summed E-state index contributed by atoms with van der Waals surface area (Å²) in [6, 6.07) is 14.2. The number of amides is 1. The van der Waals surface area contributed by atoms with E-state index < -0.39 is 11.7 Å². The van der Waals surface area contributed by atoms with Crippen LogP contribution in [-0.2, 0) is 11.3 Å². The number of nitriles is 1. The minimum Gasteiger partial charge on any atom is -0.299 e. The lowest BCUT2D eigenvalue weighted by molar-refractivity contribution is -0.114. The first-order chi connectivity index (χ1) is 10.1. The molecule has 2 aromatic carbocycles. The number of nitrogens with zero attached hydrogens (tertiary/aromatic N) is 2. The quantitative estimate of drug-likeness (QED) is 0.789. The summed E-state index contributed by atoms with van der Waals surface area (Å²) in [7, 11) is 0. The van der Waals surface area contributed by atoms with Gasteiger partial charge in [0.1, 0.15) is 0 Å². The third-order valence-corrected chi connectivity index (χ3v) is 4.00. The van der Waals surface area contributed by atoms with E-state index in [0.29, 0.717) is 27.8 Å². The van der Waals surface area contributed by atoms with E-state index in [1.54, 1.807) is 42.5 Å². The van der Waals surface area contributed by atoms with Crippen molar-refractivity contribution in [1.29, 1.82) is 5.26 Å². The zero-order chi connectivity index (χ0) is 15.0. The highest BCUT2D eigenvalue weighted by Crippen LogP contribution is 2.36. The zero-order valence-corrected chi connectivity index (χ0v) is 12.4. The van der Waals surface area contributed by atoms with Gasteiger partial charge in [0.05, 0.1) is 29.4 Å². The Kier molecular flexibility index (Phi) is 3.32. The molecule has 0 N–H and O–H groups in total. The molecule has 3 rings (SSSR count). The number of anilines is 1. The topological polar surface area (TPSA) is 61.2 Å². The van der Waals surface area contributed by atoms with Gasteiger partial charge in [-0.25, -0.2) is 0 Å². The molecule has 1 heterocycles. The number of fused-ring (bicyclic) bond motifs is 1. The predicted molar refractivity (Wildman–Crippen MR) is 80.8 cm³/mol. The molecule has 0 unspecified atom stereocenters. The van der Waals surface area contributed by atoms with Crippen molar-refractivity contribution in [2.75, 3.05) is 4.90 Å². The van der Waals surface area contributed by atoms with Crippen molar-refractivity contribution in [1.82, 2.24) is 0 Å². The number of hydrogen-bond acceptors (Lipinski definition) is 3. The second-order valence-electron chi connectivity index (χ2n) is 4.67. The summed E-state index contributed by atoms with van der Waals surface area (Å²) in [5, 5.41) is 8.79.